The van der Waals surface area contributed by atoms with Crippen LogP contribution in [0.15, 0.2) is 36.4 Å². The third-order valence-corrected chi connectivity index (χ3v) is 5.20. The molecular weight excluding hydrogens is 362 g/mol. The molecule has 28 heavy (non-hydrogen) atoms. The lowest BCUT2D eigenvalue weighted by atomic mass is 9.85. The number of carbonyl (C=O) groups excluding carboxylic acids is 3. The number of non-ortho nitro benzene ring substituents is 1. The van der Waals surface area contributed by atoms with E-state index in [0.29, 0.717) is 24.9 Å². The van der Waals surface area contributed by atoms with Crippen LogP contribution in [0.25, 0.3) is 0 Å². The second kappa shape index (κ2) is 7.92. The van der Waals surface area contributed by atoms with Crippen molar-refractivity contribution in [2.75, 3.05) is 5.32 Å². The molecule has 1 fully saturated rings. The number of anilines is 1. The van der Waals surface area contributed by atoms with Crippen molar-refractivity contribution in [3.8, 4) is 0 Å². The average molecular weight is 385 g/mol. The molecule has 0 spiro atoms. The van der Waals surface area contributed by atoms with Crippen LogP contribution in [0.2, 0.25) is 0 Å². The first-order chi connectivity index (χ1) is 13.3. The number of nitro benzene ring substituents is 1. The highest BCUT2D eigenvalue weighted by Gasteiger charge is 2.51. The topological polar surface area (TPSA) is 110 Å². The first-order valence-corrected chi connectivity index (χ1v) is 9.36. The number of hydrogen-bond donors (Lipinski definition) is 1. The number of nitro groups is 1. The number of benzene rings is 1. The molecule has 1 aromatic carbocycles. The molecule has 1 aromatic rings. The highest BCUT2D eigenvalue weighted by atomic mass is 16.6. The molecule has 0 saturated carbocycles. The highest BCUT2D eigenvalue weighted by Crippen LogP contribution is 2.37. The number of amides is 3. The number of allylic oxidation sites excluding steroid dienone is 2. The summed E-state index contributed by atoms with van der Waals surface area (Å²) in [6.07, 6.45) is 5.20. The van der Waals surface area contributed by atoms with Gasteiger partial charge in [0.2, 0.25) is 17.7 Å². The lowest BCUT2D eigenvalue weighted by Gasteiger charge is -2.27. The van der Waals surface area contributed by atoms with E-state index in [1.165, 1.54) is 24.3 Å². The molecule has 1 aliphatic heterocycles. The van der Waals surface area contributed by atoms with E-state index in [-0.39, 0.29) is 35.3 Å². The van der Waals surface area contributed by atoms with Crippen LogP contribution in [-0.2, 0) is 14.4 Å². The van der Waals surface area contributed by atoms with Gasteiger partial charge in [-0.3, -0.25) is 29.4 Å². The van der Waals surface area contributed by atoms with Crippen molar-refractivity contribution in [1.82, 2.24) is 4.90 Å². The summed E-state index contributed by atoms with van der Waals surface area (Å²) in [7, 11) is 0. The fourth-order valence-corrected chi connectivity index (χ4v) is 3.80. The number of carbonyl (C=O) groups is 3. The van der Waals surface area contributed by atoms with Gasteiger partial charge in [-0.15, -0.1) is 0 Å². The predicted octanol–water partition coefficient (Wildman–Crippen LogP) is 2.90. The fraction of sp³-hybridized carbons (Fsp3) is 0.450. The van der Waals surface area contributed by atoms with Gasteiger partial charge < -0.3 is 5.32 Å². The zero-order chi connectivity index (χ0) is 20.4. The fourth-order valence-electron chi connectivity index (χ4n) is 3.80. The van der Waals surface area contributed by atoms with Crippen LogP contribution in [0.4, 0.5) is 11.4 Å². The average Bonchev–Trinajstić information content (AvgIpc) is 2.91. The minimum absolute atomic E-state index is 0.0850. The summed E-state index contributed by atoms with van der Waals surface area (Å²) in [6, 6.07) is 4.54. The van der Waals surface area contributed by atoms with Gasteiger partial charge in [0, 0.05) is 17.8 Å². The normalized spacial score (nSPS) is 22.3. The molecule has 1 aliphatic carbocycles. The van der Waals surface area contributed by atoms with Gasteiger partial charge in [-0.2, -0.15) is 0 Å². The predicted molar refractivity (Wildman–Crippen MR) is 102 cm³/mol. The van der Waals surface area contributed by atoms with Crippen molar-refractivity contribution < 1.29 is 19.3 Å². The minimum atomic E-state index is -0.902. The Hall–Kier alpha value is -3.03. The molecule has 1 heterocycles. The second-order valence-corrected chi connectivity index (χ2v) is 7.64. The van der Waals surface area contributed by atoms with Gasteiger partial charge in [0.25, 0.3) is 5.69 Å². The monoisotopic (exact) mass is 385 g/mol. The first kappa shape index (κ1) is 19.7. The van der Waals surface area contributed by atoms with Gasteiger partial charge in [0.1, 0.15) is 6.04 Å². The summed E-state index contributed by atoms with van der Waals surface area (Å²) in [4.78, 5) is 50.1. The highest BCUT2D eigenvalue weighted by molar-refractivity contribution is 6.10. The van der Waals surface area contributed by atoms with Crippen LogP contribution in [0.1, 0.15) is 33.1 Å². The van der Waals surface area contributed by atoms with Crippen LogP contribution in [-0.4, -0.2) is 33.6 Å². The Morgan fingerprint density at radius 1 is 1.14 bits per heavy atom. The first-order valence-electron chi connectivity index (χ1n) is 9.36. The van der Waals surface area contributed by atoms with E-state index in [9.17, 15) is 24.5 Å². The lowest BCUT2D eigenvalue weighted by Crippen LogP contribution is -2.48. The maximum Gasteiger partial charge on any atom is 0.269 e. The van der Waals surface area contributed by atoms with Crippen molar-refractivity contribution in [2.45, 2.75) is 39.2 Å². The Labute approximate surface area is 162 Å². The molecule has 8 heteroatoms. The second-order valence-electron chi connectivity index (χ2n) is 7.64. The van der Waals surface area contributed by atoms with Crippen molar-refractivity contribution in [2.24, 2.45) is 17.8 Å². The standard InChI is InChI=1S/C20H23N3O5/c1-12(2)11-17(18(24)21-13-7-9-14(10-8-13)23(27)28)22-19(25)15-5-3-4-6-16(15)20(22)26/h3-4,7-10,12,15-17H,5-6,11H2,1-2H3,(H,21,24). The van der Waals surface area contributed by atoms with Crippen LogP contribution in [0.3, 0.4) is 0 Å². The molecule has 3 unspecified atom stereocenters. The SMILES string of the molecule is CC(C)CC(C(=O)Nc1ccc([N+](=O)[O-])cc1)N1C(=O)C2CC=CCC2C1=O. The van der Waals surface area contributed by atoms with Gasteiger partial charge in [0.05, 0.1) is 16.8 Å². The summed E-state index contributed by atoms with van der Waals surface area (Å²) in [6.45, 7) is 3.84. The number of nitrogens with zero attached hydrogens (tertiary/aromatic N) is 2. The van der Waals surface area contributed by atoms with E-state index < -0.39 is 16.9 Å². The third-order valence-electron chi connectivity index (χ3n) is 5.20. The molecular formula is C20H23N3O5. The number of nitrogens with one attached hydrogen (secondary N) is 1. The minimum Gasteiger partial charge on any atom is -0.324 e. The van der Waals surface area contributed by atoms with Gasteiger partial charge in [-0.1, -0.05) is 26.0 Å². The quantitative estimate of drug-likeness (QED) is 0.350. The number of hydrogen-bond acceptors (Lipinski definition) is 5. The molecule has 3 atom stereocenters. The largest absolute Gasteiger partial charge is 0.324 e. The Morgan fingerprint density at radius 3 is 2.14 bits per heavy atom. The number of imide groups is 1. The molecule has 0 radical (unpaired) electrons. The van der Waals surface area contributed by atoms with Crippen molar-refractivity contribution in [3.63, 3.8) is 0 Å². The summed E-state index contributed by atoms with van der Waals surface area (Å²) < 4.78 is 0. The van der Waals surface area contributed by atoms with Crippen LogP contribution >= 0.6 is 0 Å². The summed E-state index contributed by atoms with van der Waals surface area (Å²) in [5, 5.41) is 13.5. The Balaban J connectivity index is 1.81. The number of rotatable bonds is 6. The van der Waals surface area contributed by atoms with Gasteiger partial charge in [0.15, 0.2) is 0 Å². The van der Waals surface area contributed by atoms with Crippen LogP contribution in [0, 0.1) is 27.9 Å². The van der Waals surface area contributed by atoms with E-state index >= 15 is 0 Å². The smallest absolute Gasteiger partial charge is 0.269 e. The summed E-state index contributed by atoms with van der Waals surface area (Å²) >= 11 is 0. The maximum atomic E-state index is 12.9. The molecule has 1 N–H and O–H groups in total. The van der Waals surface area contributed by atoms with Crippen molar-refractivity contribution in [1.29, 1.82) is 0 Å². The number of likely N-dealkylation sites (tertiary alicyclic amines) is 1. The van der Waals surface area contributed by atoms with E-state index in [1.807, 2.05) is 26.0 Å². The van der Waals surface area contributed by atoms with Gasteiger partial charge >= 0.3 is 0 Å². The molecule has 8 nitrogen and oxygen atoms in total. The molecule has 2 aliphatic rings. The van der Waals surface area contributed by atoms with Crippen LogP contribution < -0.4 is 5.32 Å². The lowest BCUT2D eigenvalue weighted by molar-refractivity contribution is -0.384. The Morgan fingerprint density at radius 2 is 1.68 bits per heavy atom. The third kappa shape index (κ3) is 3.81. The maximum absolute atomic E-state index is 12.9. The Kier molecular flexibility index (Phi) is 5.58. The molecule has 148 valence electrons. The van der Waals surface area contributed by atoms with Crippen molar-refractivity contribution >= 4 is 29.1 Å². The molecule has 1 saturated heterocycles. The zero-order valence-corrected chi connectivity index (χ0v) is 15.8. The van der Waals surface area contributed by atoms with E-state index in [1.54, 1.807) is 0 Å². The van der Waals surface area contributed by atoms with E-state index in [2.05, 4.69) is 5.32 Å². The van der Waals surface area contributed by atoms with Crippen LogP contribution in [0.5, 0.6) is 0 Å². The number of fused-ring (bicyclic) bond motifs is 1. The summed E-state index contributed by atoms with van der Waals surface area (Å²) in [5.41, 5.74) is 0.292. The van der Waals surface area contributed by atoms with Crippen molar-refractivity contribution in [3.05, 3.63) is 46.5 Å². The molecule has 0 bridgehead atoms. The zero-order valence-electron chi connectivity index (χ0n) is 15.8. The molecule has 3 amide bonds. The summed E-state index contributed by atoms with van der Waals surface area (Å²) in [5.74, 6) is -1.73. The Bertz CT molecular complexity index is 805. The molecule has 0 aromatic heterocycles. The van der Waals surface area contributed by atoms with Gasteiger partial charge in [-0.05, 0) is 37.3 Å². The van der Waals surface area contributed by atoms with E-state index in [0.717, 1.165) is 4.90 Å². The molecule has 3 rings (SSSR count). The van der Waals surface area contributed by atoms with Gasteiger partial charge in [-0.25, -0.2) is 0 Å². The van der Waals surface area contributed by atoms with E-state index in [4.69, 9.17) is 0 Å².